The van der Waals surface area contributed by atoms with Crippen molar-refractivity contribution >= 4 is 6.03 Å². The lowest BCUT2D eigenvalue weighted by Gasteiger charge is -2.22. The van der Waals surface area contributed by atoms with E-state index in [1.807, 2.05) is 27.7 Å². The number of carbonyl (C=O) groups is 1. The number of nitrogens with one attached hydrogen (secondary N) is 2. The van der Waals surface area contributed by atoms with Gasteiger partial charge in [-0.2, -0.15) is 0 Å². The summed E-state index contributed by atoms with van der Waals surface area (Å²) in [6, 6.07) is 0.193. The van der Waals surface area contributed by atoms with Crippen molar-refractivity contribution in [1.29, 1.82) is 0 Å². The van der Waals surface area contributed by atoms with Gasteiger partial charge < -0.3 is 10.6 Å². The molecule has 1 unspecified atom stereocenters. The Labute approximate surface area is 87.6 Å². The SMILES string of the molecule is CCCCC(C)NC(=O)NC(C)(C)C. The Morgan fingerprint density at radius 3 is 2.36 bits per heavy atom. The first kappa shape index (κ1) is 13.3. The fraction of sp³-hybridized carbons (Fsp3) is 0.909. The maximum absolute atomic E-state index is 11.4. The molecule has 3 nitrogen and oxygen atoms in total. The Kier molecular flexibility index (Phi) is 5.58. The van der Waals surface area contributed by atoms with Crippen LogP contribution in [0.5, 0.6) is 0 Å². The maximum atomic E-state index is 11.4. The van der Waals surface area contributed by atoms with Gasteiger partial charge in [0.2, 0.25) is 0 Å². The molecule has 0 saturated heterocycles. The van der Waals surface area contributed by atoms with Gasteiger partial charge in [-0.05, 0) is 34.1 Å². The first-order valence-electron chi connectivity index (χ1n) is 5.44. The third-order valence-corrected chi connectivity index (χ3v) is 1.86. The number of amides is 2. The number of hydrogen-bond donors (Lipinski definition) is 2. The van der Waals surface area contributed by atoms with E-state index < -0.39 is 0 Å². The number of rotatable bonds is 4. The topological polar surface area (TPSA) is 41.1 Å². The van der Waals surface area contributed by atoms with E-state index in [1.54, 1.807) is 0 Å². The molecule has 0 aromatic heterocycles. The second-order valence-corrected chi connectivity index (χ2v) is 4.89. The Balaban J connectivity index is 3.71. The highest BCUT2D eigenvalue weighted by atomic mass is 16.2. The summed E-state index contributed by atoms with van der Waals surface area (Å²) in [6.07, 6.45) is 3.39. The second kappa shape index (κ2) is 5.89. The van der Waals surface area contributed by atoms with Gasteiger partial charge in [0.1, 0.15) is 0 Å². The van der Waals surface area contributed by atoms with Crippen molar-refractivity contribution in [2.45, 2.75) is 65.5 Å². The molecule has 0 aromatic rings. The molecule has 0 heterocycles. The molecule has 2 amide bonds. The molecule has 0 rings (SSSR count). The van der Waals surface area contributed by atoms with E-state index in [0.717, 1.165) is 12.8 Å². The van der Waals surface area contributed by atoms with E-state index in [0.29, 0.717) is 0 Å². The fourth-order valence-corrected chi connectivity index (χ4v) is 1.18. The van der Waals surface area contributed by atoms with Crippen LogP contribution in [0.4, 0.5) is 4.79 Å². The van der Waals surface area contributed by atoms with Crippen LogP contribution in [0.1, 0.15) is 53.9 Å². The molecule has 0 aromatic carbocycles. The summed E-state index contributed by atoms with van der Waals surface area (Å²) in [7, 11) is 0. The molecule has 0 fully saturated rings. The summed E-state index contributed by atoms with van der Waals surface area (Å²) in [5.41, 5.74) is -0.158. The lowest BCUT2D eigenvalue weighted by atomic mass is 10.1. The van der Waals surface area contributed by atoms with Crippen LogP contribution < -0.4 is 10.6 Å². The zero-order chi connectivity index (χ0) is 11.2. The van der Waals surface area contributed by atoms with Crippen molar-refractivity contribution in [3.8, 4) is 0 Å². The Hall–Kier alpha value is -0.730. The smallest absolute Gasteiger partial charge is 0.315 e. The number of unbranched alkanes of at least 4 members (excludes halogenated alkanes) is 1. The van der Waals surface area contributed by atoms with E-state index in [1.165, 1.54) is 6.42 Å². The van der Waals surface area contributed by atoms with Crippen molar-refractivity contribution in [3.63, 3.8) is 0 Å². The summed E-state index contributed by atoms with van der Waals surface area (Å²) >= 11 is 0. The number of carbonyl (C=O) groups excluding carboxylic acids is 1. The van der Waals surface area contributed by atoms with Gasteiger partial charge in [-0.15, -0.1) is 0 Å². The van der Waals surface area contributed by atoms with Crippen LogP contribution >= 0.6 is 0 Å². The van der Waals surface area contributed by atoms with Gasteiger partial charge in [-0.25, -0.2) is 4.79 Å². The molecule has 0 aliphatic rings. The van der Waals surface area contributed by atoms with E-state index in [4.69, 9.17) is 0 Å². The molecule has 0 bridgehead atoms. The lowest BCUT2D eigenvalue weighted by molar-refractivity contribution is 0.228. The van der Waals surface area contributed by atoms with E-state index in [-0.39, 0.29) is 17.6 Å². The summed E-state index contributed by atoms with van der Waals surface area (Å²) in [6.45, 7) is 10.1. The molecule has 0 aliphatic heterocycles. The van der Waals surface area contributed by atoms with Crippen LogP contribution in [0.3, 0.4) is 0 Å². The molecular formula is C11H24N2O. The molecule has 0 spiro atoms. The molecule has 1 atom stereocenters. The first-order chi connectivity index (χ1) is 6.35. The predicted octanol–water partition coefficient (Wildman–Crippen LogP) is 2.66. The van der Waals surface area contributed by atoms with Gasteiger partial charge in [-0.1, -0.05) is 19.8 Å². The maximum Gasteiger partial charge on any atom is 0.315 e. The van der Waals surface area contributed by atoms with Crippen molar-refractivity contribution in [2.75, 3.05) is 0 Å². The van der Waals surface area contributed by atoms with Crippen LogP contribution in [0.2, 0.25) is 0 Å². The van der Waals surface area contributed by atoms with Crippen LogP contribution in [-0.2, 0) is 0 Å². The molecule has 0 aliphatic carbocycles. The van der Waals surface area contributed by atoms with Crippen LogP contribution in [0.15, 0.2) is 0 Å². The summed E-state index contributed by atoms with van der Waals surface area (Å²) in [4.78, 5) is 11.4. The van der Waals surface area contributed by atoms with Gasteiger partial charge in [0.25, 0.3) is 0 Å². The minimum atomic E-state index is -0.158. The van der Waals surface area contributed by atoms with Gasteiger partial charge in [0.05, 0.1) is 0 Å². The normalized spacial score (nSPS) is 13.5. The zero-order valence-corrected chi connectivity index (χ0v) is 10.1. The summed E-state index contributed by atoms with van der Waals surface area (Å²) < 4.78 is 0. The van der Waals surface area contributed by atoms with Gasteiger partial charge in [0, 0.05) is 11.6 Å². The van der Waals surface area contributed by atoms with Crippen LogP contribution in [0.25, 0.3) is 0 Å². The molecule has 0 saturated carbocycles. The van der Waals surface area contributed by atoms with Crippen molar-refractivity contribution in [3.05, 3.63) is 0 Å². The molecular weight excluding hydrogens is 176 g/mol. The monoisotopic (exact) mass is 200 g/mol. The Morgan fingerprint density at radius 2 is 1.93 bits per heavy atom. The largest absolute Gasteiger partial charge is 0.336 e. The van der Waals surface area contributed by atoms with Gasteiger partial charge in [-0.3, -0.25) is 0 Å². The molecule has 0 radical (unpaired) electrons. The Bertz CT molecular complexity index is 173. The minimum absolute atomic E-state index is 0.0684. The minimum Gasteiger partial charge on any atom is -0.336 e. The standard InChI is InChI=1S/C11H24N2O/c1-6-7-8-9(2)12-10(14)13-11(3,4)5/h9H,6-8H2,1-5H3,(H2,12,13,14). The van der Waals surface area contributed by atoms with Gasteiger partial charge >= 0.3 is 6.03 Å². The zero-order valence-electron chi connectivity index (χ0n) is 10.1. The van der Waals surface area contributed by atoms with Gasteiger partial charge in [0.15, 0.2) is 0 Å². The summed E-state index contributed by atoms with van der Waals surface area (Å²) in [5.74, 6) is 0. The van der Waals surface area contributed by atoms with Crippen molar-refractivity contribution < 1.29 is 4.79 Å². The highest BCUT2D eigenvalue weighted by Gasteiger charge is 2.14. The number of hydrogen-bond acceptors (Lipinski definition) is 1. The van der Waals surface area contributed by atoms with Crippen molar-refractivity contribution in [2.24, 2.45) is 0 Å². The fourth-order valence-electron chi connectivity index (χ4n) is 1.18. The third kappa shape index (κ3) is 7.90. The van der Waals surface area contributed by atoms with E-state index in [2.05, 4.69) is 17.6 Å². The Morgan fingerprint density at radius 1 is 1.36 bits per heavy atom. The molecule has 84 valence electrons. The second-order valence-electron chi connectivity index (χ2n) is 4.89. The molecule has 14 heavy (non-hydrogen) atoms. The average Bonchev–Trinajstić information content (AvgIpc) is 1.96. The first-order valence-corrected chi connectivity index (χ1v) is 5.44. The lowest BCUT2D eigenvalue weighted by Crippen LogP contribution is -2.48. The predicted molar refractivity (Wildman–Crippen MR) is 60.4 cm³/mol. The molecule has 2 N–H and O–H groups in total. The number of urea groups is 1. The quantitative estimate of drug-likeness (QED) is 0.719. The van der Waals surface area contributed by atoms with Crippen LogP contribution in [-0.4, -0.2) is 17.6 Å². The highest BCUT2D eigenvalue weighted by molar-refractivity contribution is 5.74. The van der Waals surface area contributed by atoms with Crippen molar-refractivity contribution in [1.82, 2.24) is 10.6 Å². The molecule has 3 heteroatoms. The van der Waals surface area contributed by atoms with E-state index in [9.17, 15) is 4.79 Å². The van der Waals surface area contributed by atoms with Crippen LogP contribution in [0, 0.1) is 0 Å². The average molecular weight is 200 g/mol. The van der Waals surface area contributed by atoms with E-state index >= 15 is 0 Å². The highest BCUT2D eigenvalue weighted by Crippen LogP contribution is 2.01. The third-order valence-electron chi connectivity index (χ3n) is 1.86. The summed E-state index contributed by atoms with van der Waals surface area (Å²) in [5, 5.41) is 5.80.